The SMILES string of the molecule is CCC(=O)O[C@H]1/C=C/C=C/C[C@@H](C)OC(=O)C[C@@H](OC(=O)CC)[C@H](OC)[C@@H](O[C@@H]2O[C@H](C)[C@@H](O[C@H]3C[C@@](C)(OCSC)[C@@H](OC(=O)CC)[C@H](C)O3)[C@H](N(C)C)[C@H]2O)[C@@H](CC=O)C[C@H]1C. The molecule has 17 nitrogen and oxygen atoms in total. The molecule has 3 aliphatic heterocycles. The zero-order valence-corrected chi connectivity index (χ0v) is 40.7. The molecule has 0 saturated carbocycles. The summed E-state index contributed by atoms with van der Waals surface area (Å²) in [6, 6.07) is -0.765. The van der Waals surface area contributed by atoms with Crippen molar-refractivity contribution in [3.8, 4) is 0 Å². The van der Waals surface area contributed by atoms with Gasteiger partial charge in [0.2, 0.25) is 0 Å². The summed E-state index contributed by atoms with van der Waals surface area (Å²) in [6.07, 6.45) is -0.965. The number of methoxy groups -OCH3 is 1. The van der Waals surface area contributed by atoms with E-state index in [2.05, 4.69) is 0 Å². The van der Waals surface area contributed by atoms with E-state index in [9.17, 15) is 29.1 Å². The Kier molecular flexibility index (Phi) is 23.4. The fraction of sp³-hybridized carbons (Fsp3) is 0.804. The van der Waals surface area contributed by atoms with Gasteiger partial charge in [0, 0.05) is 45.6 Å². The molecule has 64 heavy (non-hydrogen) atoms. The summed E-state index contributed by atoms with van der Waals surface area (Å²) < 4.78 is 62.0. The van der Waals surface area contributed by atoms with Gasteiger partial charge in [0.1, 0.15) is 48.5 Å². The molecule has 0 aromatic carbocycles. The third-order valence-electron chi connectivity index (χ3n) is 11.9. The maximum Gasteiger partial charge on any atom is 0.309 e. The number of esters is 4. The number of aldehydes is 1. The molecule has 3 heterocycles. The summed E-state index contributed by atoms with van der Waals surface area (Å²) in [4.78, 5) is 65.9. The summed E-state index contributed by atoms with van der Waals surface area (Å²) in [5.74, 6) is -2.83. The van der Waals surface area contributed by atoms with Crippen LogP contribution in [0.1, 0.15) is 107 Å². The van der Waals surface area contributed by atoms with Crippen LogP contribution in [0.3, 0.4) is 0 Å². The minimum atomic E-state index is -1.39. The number of thioether (sulfide) groups is 1. The second-order valence-corrected chi connectivity index (χ2v) is 18.1. The topological polar surface area (TPSA) is 201 Å². The lowest BCUT2D eigenvalue weighted by Gasteiger charge is -2.51. The number of aliphatic hydroxyl groups excluding tert-OH is 1. The number of hydrogen-bond donors (Lipinski definition) is 1. The predicted molar refractivity (Wildman–Crippen MR) is 237 cm³/mol. The largest absolute Gasteiger partial charge is 0.462 e. The van der Waals surface area contributed by atoms with Crippen molar-refractivity contribution in [1.82, 2.24) is 4.90 Å². The van der Waals surface area contributed by atoms with Crippen LogP contribution in [0.25, 0.3) is 0 Å². The Balaban J connectivity index is 2.09. The van der Waals surface area contributed by atoms with Crippen LogP contribution >= 0.6 is 11.8 Å². The number of carbonyl (C=O) groups excluding carboxylic acids is 5. The normalized spacial score (nSPS) is 37.8. The molecule has 2 saturated heterocycles. The van der Waals surface area contributed by atoms with E-state index in [0.717, 1.165) is 6.29 Å². The fourth-order valence-electron chi connectivity index (χ4n) is 8.52. The zero-order valence-electron chi connectivity index (χ0n) is 39.8. The predicted octanol–water partition coefficient (Wildman–Crippen LogP) is 5.07. The molecule has 3 aliphatic rings. The van der Waals surface area contributed by atoms with Crippen LogP contribution in [0.5, 0.6) is 0 Å². The number of ether oxygens (including phenoxy) is 10. The Labute approximate surface area is 383 Å². The van der Waals surface area contributed by atoms with E-state index in [1.54, 1.807) is 78.8 Å². The summed E-state index contributed by atoms with van der Waals surface area (Å²) in [6.45, 7) is 14.1. The molecule has 0 unspecified atom stereocenters. The van der Waals surface area contributed by atoms with Crippen LogP contribution < -0.4 is 0 Å². The van der Waals surface area contributed by atoms with Crippen LogP contribution in [-0.2, 0) is 71.3 Å². The highest BCUT2D eigenvalue weighted by Crippen LogP contribution is 2.39. The second-order valence-electron chi connectivity index (χ2n) is 17.3. The fourth-order valence-corrected chi connectivity index (χ4v) is 8.90. The van der Waals surface area contributed by atoms with Crippen molar-refractivity contribution in [3.63, 3.8) is 0 Å². The highest BCUT2D eigenvalue weighted by atomic mass is 32.2. The Morgan fingerprint density at radius 2 is 1.58 bits per heavy atom. The molecule has 2 fully saturated rings. The van der Waals surface area contributed by atoms with E-state index in [-0.39, 0.29) is 50.4 Å². The van der Waals surface area contributed by atoms with Gasteiger partial charge < -0.3 is 62.2 Å². The van der Waals surface area contributed by atoms with Crippen molar-refractivity contribution in [1.29, 1.82) is 0 Å². The molecule has 1 N–H and O–H groups in total. The minimum absolute atomic E-state index is 0.00887. The van der Waals surface area contributed by atoms with Gasteiger partial charge in [-0.25, -0.2) is 0 Å². The van der Waals surface area contributed by atoms with Crippen LogP contribution in [0, 0.1) is 11.8 Å². The number of carbonyl (C=O) groups is 5. The molecule has 366 valence electrons. The monoisotopic (exact) mass is 929 g/mol. The Morgan fingerprint density at radius 1 is 0.922 bits per heavy atom. The molecule has 0 aromatic rings. The van der Waals surface area contributed by atoms with Crippen molar-refractivity contribution >= 4 is 41.9 Å². The van der Waals surface area contributed by atoms with Gasteiger partial charge in [-0.15, -0.1) is 11.8 Å². The van der Waals surface area contributed by atoms with Gasteiger partial charge in [-0.3, -0.25) is 19.2 Å². The first kappa shape index (κ1) is 55.4. The molecule has 0 bridgehead atoms. The number of nitrogens with zero attached hydrogens (tertiary/aromatic N) is 1. The first-order valence-electron chi connectivity index (χ1n) is 22.5. The Hall–Kier alpha value is -2.94. The van der Waals surface area contributed by atoms with Crippen molar-refractivity contribution in [2.75, 3.05) is 33.4 Å². The summed E-state index contributed by atoms with van der Waals surface area (Å²) in [5.41, 5.74) is -0.973. The molecular formula is C46H75NO16S. The Bertz CT molecular complexity index is 1550. The first-order chi connectivity index (χ1) is 30.4. The van der Waals surface area contributed by atoms with E-state index < -0.39 is 116 Å². The average Bonchev–Trinajstić information content (AvgIpc) is 3.24. The van der Waals surface area contributed by atoms with Crippen LogP contribution in [0.2, 0.25) is 0 Å². The molecular weight excluding hydrogens is 855 g/mol. The quantitative estimate of drug-likeness (QED) is 0.0876. The first-order valence-corrected chi connectivity index (χ1v) is 23.9. The Morgan fingerprint density at radius 3 is 2.19 bits per heavy atom. The van der Waals surface area contributed by atoms with Gasteiger partial charge in [0.05, 0.1) is 36.7 Å². The highest BCUT2D eigenvalue weighted by Gasteiger charge is 2.54. The van der Waals surface area contributed by atoms with Gasteiger partial charge in [-0.2, -0.15) is 0 Å². The maximum absolute atomic E-state index is 13.5. The van der Waals surface area contributed by atoms with E-state index >= 15 is 0 Å². The average molecular weight is 930 g/mol. The standard InChI is InChI=1S/C46H75NO16S/c1-13-34(49)59-32-20-18-16-17-19-28(5)56-37(52)24-33(60-35(50)14-2)43(54-11)42(31(21-22-48)23-27(32)4)63-45-40(53)39(47(9)10)41(29(6)58-45)62-38-25-46(8,55-26-64-12)44(30(7)57-38)61-36(51)15-3/h16-18,20,22,27-33,38-45,53H,13-15,19,21,23-26H2,1-12H3/b17-16+,20-18+/t27-,28-,29-,30+,31+,32+,33-,38+,39-,40-,41-,42+,43+,44+,45+,46-/m1/s1. The van der Waals surface area contributed by atoms with Gasteiger partial charge >= 0.3 is 23.9 Å². The zero-order chi connectivity index (χ0) is 47.7. The second kappa shape index (κ2) is 27.0. The van der Waals surface area contributed by atoms with Gasteiger partial charge in [-0.1, -0.05) is 45.9 Å². The molecule has 0 spiro atoms. The van der Waals surface area contributed by atoms with Crippen LogP contribution in [-0.4, -0.2) is 159 Å². The molecule has 0 aliphatic carbocycles. The van der Waals surface area contributed by atoms with E-state index in [1.807, 2.05) is 26.2 Å². The molecule has 0 amide bonds. The van der Waals surface area contributed by atoms with Crippen molar-refractivity contribution in [2.45, 2.75) is 192 Å². The minimum Gasteiger partial charge on any atom is -0.462 e. The summed E-state index contributed by atoms with van der Waals surface area (Å²) >= 11 is 1.48. The van der Waals surface area contributed by atoms with Crippen LogP contribution in [0.4, 0.5) is 0 Å². The lowest BCUT2D eigenvalue weighted by atomic mass is 9.82. The number of rotatable bonds is 17. The molecule has 0 radical (unpaired) electrons. The highest BCUT2D eigenvalue weighted by molar-refractivity contribution is 7.98. The molecule has 3 rings (SSSR count). The van der Waals surface area contributed by atoms with Crippen molar-refractivity contribution in [2.24, 2.45) is 11.8 Å². The number of likely N-dealkylation sites (N-methyl/N-ethyl adjacent to an activating group) is 1. The van der Waals surface area contributed by atoms with Gasteiger partial charge in [0.25, 0.3) is 0 Å². The number of allylic oxidation sites excluding steroid dienone is 2. The van der Waals surface area contributed by atoms with Crippen molar-refractivity contribution in [3.05, 3.63) is 24.3 Å². The van der Waals surface area contributed by atoms with Crippen LogP contribution in [0.15, 0.2) is 24.3 Å². The number of aliphatic hydroxyl groups is 1. The third-order valence-corrected chi connectivity index (χ3v) is 12.3. The van der Waals surface area contributed by atoms with Gasteiger partial charge in [0.15, 0.2) is 18.7 Å². The molecule has 16 atom stereocenters. The van der Waals surface area contributed by atoms with Crippen molar-refractivity contribution < 1.29 is 76.4 Å². The van der Waals surface area contributed by atoms with Gasteiger partial charge in [-0.05, 0) is 72.4 Å². The number of cyclic esters (lactones) is 1. The molecule has 18 heteroatoms. The summed E-state index contributed by atoms with van der Waals surface area (Å²) in [7, 11) is 4.94. The summed E-state index contributed by atoms with van der Waals surface area (Å²) in [5, 5.41) is 12.3. The maximum atomic E-state index is 13.5. The van der Waals surface area contributed by atoms with E-state index in [1.165, 1.54) is 18.9 Å². The number of hydrogen-bond acceptors (Lipinski definition) is 18. The smallest absolute Gasteiger partial charge is 0.309 e. The van der Waals surface area contributed by atoms with E-state index in [0.29, 0.717) is 12.4 Å². The lowest BCUT2D eigenvalue weighted by Crippen LogP contribution is -2.66. The van der Waals surface area contributed by atoms with E-state index in [4.69, 9.17) is 47.4 Å². The molecule has 0 aromatic heterocycles. The lowest BCUT2D eigenvalue weighted by molar-refractivity contribution is -0.345. The third kappa shape index (κ3) is 15.9.